The highest BCUT2D eigenvalue weighted by atomic mass is 16.6. The van der Waals surface area contributed by atoms with Crippen LogP contribution in [0.4, 0.5) is 11.4 Å². The van der Waals surface area contributed by atoms with E-state index in [0.717, 1.165) is 5.56 Å². The Bertz CT molecular complexity index is 1190. The number of nitrogens with one attached hydrogen (secondary N) is 1. The van der Waals surface area contributed by atoms with Gasteiger partial charge in [-0.25, -0.2) is 4.99 Å². The van der Waals surface area contributed by atoms with E-state index in [1.807, 2.05) is 30.3 Å². The summed E-state index contributed by atoms with van der Waals surface area (Å²) in [5.41, 5.74) is 4.75. The van der Waals surface area contributed by atoms with E-state index in [4.69, 9.17) is 4.74 Å². The lowest BCUT2D eigenvalue weighted by Gasteiger charge is -2.20. The normalized spacial score (nSPS) is 14.5. The number of ether oxygens (including phenoxy) is 1. The number of nitrogens with zero attached hydrogens (tertiary/aromatic N) is 3. The number of amidine groups is 1. The van der Waals surface area contributed by atoms with Crippen molar-refractivity contribution >= 4 is 29.2 Å². The highest BCUT2D eigenvalue weighted by Gasteiger charge is 2.32. The molecule has 0 saturated heterocycles. The minimum atomic E-state index is -0.485. The number of nitro groups is 1. The lowest BCUT2D eigenvalue weighted by molar-refractivity contribution is -0.385. The number of hydrogen-bond donors (Lipinski definition) is 1. The molecule has 1 heterocycles. The molecule has 8 nitrogen and oxygen atoms in total. The minimum Gasteiger partial charge on any atom is -0.497 e. The van der Waals surface area contributed by atoms with Gasteiger partial charge in [0.25, 0.3) is 11.6 Å². The standard InChI is InChI=1S/C23H18N4O4/c1-31-19-13-11-18(12-14-19)25-26-22(16-7-3-2-4-8-16)24-20(23(26)28)15-17-9-5-6-10-21(17)27(29)30/h2-15,25H,1H3/b20-15-. The highest BCUT2D eigenvalue weighted by molar-refractivity contribution is 6.20. The SMILES string of the molecule is COc1ccc(NN2C(=O)/C(=C/c3ccccc3[N+](=O)[O-])N=C2c2ccccc2)cc1. The summed E-state index contributed by atoms with van der Waals surface area (Å²) >= 11 is 0. The van der Waals surface area contributed by atoms with Gasteiger partial charge in [-0.1, -0.05) is 42.5 Å². The Hall–Kier alpha value is -4.46. The molecule has 0 bridgehead atoms. The van der Waals surface area contributed by atoms with Gasteiger partial charge in [0.1, 0.15) is 11.4 Å². The van der Waals surface area contributed by atoms with Crippen molar-refractivity contribution in [3.63, 3.8) is 0 Å². The number of anilines is 1. The second kappa shape index (κ2) is 8.50. The van der Waals surface area contributed by atoms with E-state index in [1.54, 1.807) is 49.6 Å². The molecule has 0 aromatic heterocycles. The number of para-hydroxylation sites is 1. The topological polar surface area (TPSA) is 97.1 Å². The summed E-state index contributed by atoms with van der Waals surface area (Å²) in [4.78, 5) is 28.5. The zero-order chi connectivity index (χ0) is 21.8. The first-order valence-electron chi connectivity index (χ1n) is 9.41. The predicted octanol–water partition coefficient (Wildman–Crippen LogP) is 4.26. The van der Waals surface area contributed by atoms with Crippen molar-refractivity contribution in [2.24, 2.45) is 4.99 Å². The van der Waals surface area contributed by atoms with Gasteiger partial charge in [0.05, 0.1) is 23.3 Å². The van der Waals surface area contributed by atoms with Crippen molar-refractivity contribution in [2.75, 3.05) is 12.5 Å². The third kappa shape index (κ3) is 4.13. The van der Waals surface area contributed by atoms with E-state index in [1.165, 1.54) is 17.2 Å². The molecule has 1 N–H and O–H groups in total. The highest BCUT2D eigenvalue weighted by Crippen LogP contribution is 2.27. The fourth-order valence-electron chi connectivity index (χ4n) is 3.12. The predicted molar refractivity (Wildman–Crippen MR) is 118 cm³/mol. The molecule has 0 atom stereocenters. The first-order valence-corrected chi connectivity index (χ1v) is 9.41. The monoisotopic (exact) mass is 414 g/mol. The summed E-state index contributed by atoms with van der Waals surface area (Å²) in [5, 5.41) is 12.7. The molecule has 0 saturated carbocycles. The number of carbonyl (C=O) groups excluding carboxylic acids is 1. The van der Waals surface area contributed by atoms with Gasteiger partial charge in [0, 0.05) is 11.6 Å². The van der Waals surface area contributed by atoms with Gasteiger partial charge in [-0.2, -0.15) is 5.01 Å². The van der Waals surface area contributed by atoms with Gasteiger partial charge in [0.15, 0.2) is 5.84 Å². The van der Waals surface area contributed by atoms with Crippen molar-refractivity contribution in [3.8, 4) is 5.75 Å². The number of hydrogen-bond acceptors (Lipinski definition) is 6. The maximum absolute atomic E-state index is 13.2. The zero-order valence-corrected chi connectivity index (χ0v) is 16.6. The molecule has 0 unspecified atom stereocenters. The van der Waals surface area contributed by atoms with Crippen LogP contribution < -0.4 is 10.2 Å². The first kappa shape index (κ1) is 19.8. The number of rotatable bonds is 6. The van der Waals surface area contributed by atoms with Crippen LogP contribution >= 0.6 is 0 Å². The minimum absolute atomic E-state index is 0.0918. The first-order chi connectivity index (χ1) is 15.1. The van der Waals surface area contributed by atoms with Gasteiger partial charge < -0.3 is 4.74 Å². The number of hydrazine groups is 1. The Morgan fingerprint density at radius 3 is 2.35 bits per heavy atom. The quantitative estimate of drug-likeness (QED) is 0.369. The fourth-order valence-corrected chi connectivity index (χ4v) is 3.12. The molecule has 0 fully saturated rings. The average molecular weight is 414 g/mol. The molecule has 3 aromatic rings. The molecule has 0 radical (unpaired) electrons. The molecule has 4 rings (SSSR count). The molecule has 0 aliphatic carbocycles. The fraction of sp³-hybridized carbons (Fsp3) is 0.0435. The van der Waals surface area contributed by atoms with Gasteiger partial charge in [-0.3, -0.25) is 20.3 Å². The summed E-state index contributed by atoms with van der Waals surface area (Å²) in [6.07, 6.45) is 1.43. The lowest BCUT2D eigenvalue weighted by atomic mass is 10.1. The molecule has 1 aliphatic heterocycles. The summed E-state index contributed by atoms with van der Waals surface area (Å²) in [7, 11) is 1.58. The van der Waals surface area contributed by atoms with Crippen LogP contribution in [-0.4, -0.2) is 28.8 Å². The van der Waals surface area contributed by atoms with Gasteiger partial charge >= 0.3 is 0 Å². The van der Waals surface area contributed by atoms with Crippen LogP contribution in [0.5, 0.6) is 5.75 Å². The van der Waals surface area contributed by atoms with Crippen LogP contribution in [0, 0.1) is 10.1 Å². The molecule has 0 spiro atoms. The molecular weight excluding hydrogens is 396 g/mol. The maximum atomic E-state index is 13.2. The molecule has 31 heavy (non-hydrogen) atoms. The third-order valence-electron chi connectivity index (χ3n) is 4.65. The molecule has 1 aliphatic rings. The second-order valence-electron chi connectivity index (χ2n) is 6.63. The Balaban J connectivity index is 1.74. The maximum Gasteiger partial charge on any atom is 0.297 e. The zero-order valence-electron chi connectivity index (χ0n) is 16.6. The van der Waals surface area contributed by atoms with Gasteiger partial charge in [-0.15, -0.1) is 0 Å². The van der Waals surface area contributed by atoms with Crippen molar-refractivity contribution in [3.05, 3.63) is 106 Å². The Morgan fingerprint density at radius 2 is 1.68 bits per heavy atom. The van der Waals surface area contributed by atoms with Crippen LogP contribution in [0.25, 0.3) is 6.08 Å². The molecular formula is C23H18N4O4. The van der Waals surface area contributed by atoms with E-state index in [9.17, 15) is 14.9 Å². The molecule has 154 valence electrons. The molecule has 8 heteroatoms. The van der Waals surface area contributed by atoms with Crippen LogP contribution in [0.1, 0.15) is 11.1 Å². The number of methoxy groups -OCH3 is 1. The van der Waals surface area contributed by atoms with Gasteiger partial charge in [0.2, 0.25) is 0 Å². The number of benzene rings is 3. The van der Waals surface area contributed by atoms with E-state index in [-0.39, 0.29) is 11.4 Å². The lowest BCUT2D eigenvalue weighted by Crippen LogP contribution is -2.37. The van der Waals surface area contributed by atoms with Crippen molar-refractivity contribution in [2.45, 2.75) is 0 Å². The summed E-state index contributed by atoms with van der Waals surface area (Å²) in [6.45, 7) is 0. The Kier molecular flexibility index (Phi) is 5.44. The van der Waals surface area contributed by atoms with Crippen molar-refractivity contribution in [1.82, 2.24) is 5.01 Å². The number of amides is 1. The summed E-state index contributed by atoms with van der Waals surface area (Å²) in [6, 6.07) is 22.5. The second-order valence-corrected chi connectivity index (χ2v) is 6.63. The largest absolute Gasteiger partial charge is 0.497 e. The number of aliphatic imine (C=N–C) groups is 1. The van der Waals surface area contributed by atoms with Crippen LogP contribution in [0.15, 0.2) is 89.6 Å². The van der Waals surface area contributed by atoms with E-state index < -0.39 is 10.8 Å². The van der Waals surface area contributed by atoms with Crippen LogP contribution in [0.2, 0.25) is 0 Å². The molecule has 3 aromatic carbocycles. The Morgan fingerprint density at radius 1 is 1.00 bits per heavy atom. The Labute approximate surface area is 178 Å². The van der Waals surface area contributed by atoms with E-state index in [0.29, 0.717) is 22.8 Å². The van der Waals surface area contributed by atoms with Crippen molar-refractivity contribution < 1.29 is 14.5 Å². The van der Waals surface area contributed by atoms with E-state index >= 15 is 0 Å². The van der Waals surface area contributed by atoms with E-state index in [2.05, 4.69) is 10.4 Å². The van der Waals surface area contributed by atoms with Crippen molar-refractivity contribution in [1.29, 1.82) is 0 Å². The number of nitro benzene ring substituents is 1. The van der Waals surface area contributed by atoms with Gasteiger partial charge in [-0.05, 0) is 36.4 Å². The van der Waals surface area contributed by atoms with Crippen LogP contribution in [-0.2, 0) is 4.79 Å². The third-order valence-corrected chi connectivity index (χ3v) is 4.65. The summed E-state index contributed by atoms with van der Waals surface area (Å²) in [5.74, 6) is 0.659. The average Bonchev–Trinajstić information content (AvgIpc) is 3.10. The molecule has 1 amide bonds. The smallest absolute Gasteiger partial charge is 0.297 e. The summed E-state index contributed by atoms with van der Waals surface area (Å²) < 4.78 is 5.17. The number of carbonyl (C=O) groups is 1. The van der Waals surface area contributed by atoms with Crippen LogP contribution in [0.3, 0.4) is 0 Å².